The summed E-state index contributed by atoms with van der Waals surface area (Å²) in [5.74, 6) is -0.442. The zero-order valence-electron chi connectivity index (χ0n) is 17.1. The fourth-order valence-electron chi connectivity index (χ4n) is 3.99. The van der Waals surface area contributed by atoms with Crippen LogP contribution in [0.4, 0.5) is 4.79 Å². The number of ether oxygens (including phenoxy) is 2. The average molecular weight is 403 g/mol. The molecule has 158 valence electrons. The van der Waals surface area contributed by atoms with E-state index in [4.69, 9.17) is 9.47 Å². The lowest BCUT2D eigenvalue weighted by molar-refractivity contribution is -0.148. The van der Waals surface area contributed by atoms with Crippen molar-refractivity contribution >= 4 is 18.0 Å². The van der Waals surface area contributed by atoms with Crippen molar-refractivity contribution in [3.63, 3.8) is 0 Å². The highest BCUT2D eigenvalue weighted by atomic mass is 16.6. The molecule has 0 aliphatic carbocycles. The van der Waals surface area contributed by atoms with E-state index in [0.717, 1.165) is 11.1 Å². The summed E-state index contributed by atoms with van der Waals surface area (Å²) in [5, 5.41) is 3.05. The van der Waals surface area contributed by atoms with E-state index in [1.165, 1.54) is 7.11 Å². The van der Waals surface area contributed by atoms with E-state index in [0.29, 0.717) is 45.5 Å². The normalized spacial score (nSPS) is 19.9. The quantitative estimate of drug-likeness (QED) is 0.746. The summed E-state index contributed by atoms with van der Waals surface area (Å²) >= 11 is 0. The minimum atomic E-state index is -0.466. The average Bonchev–Trinajstić information content (AvgIpc) is 2.73. The van der Waals surface area contributed by atoms with Gasteiger partial charge in [-0.1, -0.05) is 24.3 Å². The summed E-state index contributed by atoms with van der Waals surface area (Å²) in [7, 11) is 1.37. The molecule has 0 saturated carbocycles. The molecule has 0 bridgehead atoms. The number of carbonyl (C=O) groups is 3. The maximum absolute atomic E-state index is 12.7. The predicted octanol–water partition coefficient (Wildman–Crippen LogP) is 1.32. The summed E-state index contributed by atoms with van der Waals surface area (Å²) in [6.07, 6.45) is 1.61. The van der Waals surface area contributed by atoms with Crippen LogP contribution in [-0.2, 0) is 32.0 Å². The van der Waals surface area contributed by atoms with Gasteiger partial charge in [0.05, 0.1) is 20.3 Å². The van der Waals surface area contributed by atoms with Gasteiger partial charge in [0.15, 0.2) is 0 Å². The number of hydrogen-bond acceptors (Lipinski definition) is 6. The molecule has 8 nitrogen and oxygen atoms in total. The standard InChI is InChI=1S/C21H29N3O5/c1-3-29-21(27)23-10-8-17(9-11-23)22-19(25)14-24-13-16-7-5-4-6-15(16)12-18(24)20(26)28-2/h4-7,17-18H,3,8-14H2,1-2H3,(H,22,25)/t18-/m1/s1. The predicted molar refractivity (Wildman–Crippen MR) is 106 cm³/mol. The number of esters is 1. The Morgan fingerprint density at radius 3 is 2.48 bits per heavy atom. The molecule has 0 radical (unpaired) electrons. The number of methoxy groups -OCH3 is 1. The molecular formula is C21H29N3O5. The van der Waals surface area contributed by atoms with Crippen molar-refractivity contribution in [3.8, 4) is 0 Å². The number of carbonyl (C=O) groups excluding carboxylic acids is 3. The molecule has 2 aliphatic heterocycles. The second-order valence-corrected chi connectivity index (χ2v) is 7.44. The lowest BCUT2D eigenvalue weighted by atomic mass is 9.94. The van der Waals surface area contributed by atoms with Crippen LogP contribution in [0.1, 0.15) is 30.9 Å². The molecule has 3 rings (SSSR count). The number of nitrogens with zero attached hydrogens (tertiary/aromatic N) is 2. The highest BCUT2D eigenvalue weighted by Crippen LogP contribution is 2.24. The Labute approximate surface area is 171 Å². The van der Waals surface area contributed by atoms with E-state index in [2.05, 4.69) is 5.32 Å². The third kappa shape index (κ3) is 5.26. The summed E-state index contributed by atoms with van der Waals surface area (Å²) in [6.45, 7) is 3.93. The van der Waals surface area contributed by atoms with Gasteiger partial charge in [0.25, 0.3) is 0 Å². The highest BCUT2D eigenvalue weighted by Gasteiger charge is 2.34. The van der Waals surface area contributed by atoms with Gasteiger partial charge in [0.1, 0.15) is 6.04 Å². The van der Waals surface area contributed by atoms with Crippen molar-refractivity contribution < 1.29 is 23.9 Å². The molecule has 2 heterocycles. The summed E-state index contributed by atoms with van der Waals surface area (Å²) in [4.78, 5) is 40.2. The molecule has 8 heteroatoms. The number of piperidine rings is 1. The van der Waals surface area contributed by atoms with E-state index in [1.54, 1.807) is 11.8 Å². The zero-order chi connectivity index (χ0) is 20.8. The number of benzene rings is 1. The van der Waals surface area contributed by atoms with Crippen LogP contribution in [0.5, 0.6) is 0 Å². The molecule has 0 unspecified atom stereocenters. The molecule has 1 aromatic carbocycles. The van der Waals surface area contributed by atoms with Crippen LogP contribution in [0.25, 0.3) is 0 Å². The van der Waals surface area contributed by atoms with Gasteiger partial charge in [0.2, 0.25) is 5.91 Å². The van der Waals surface area contributed by atoms with E-state index in [1.807, 2.05) is 29.2 Å². The van der Waals surface area contributed by atoms with Crippen LogP contribution < -0.4 is 5.32 Å². The first-order valence-electron chi connectivity index (χ1n) is 10.1. The largest absolute Gasteiger partial charge is 0.468 e. The van der Waals surface area contributed by atoms with Crippen molar-refractivity contribution in [2.24, 2.45) is 0 Å². The van der Waals surface area contributed by atoms with Gasteiger partial charge < -0.3 is 19.7 Å². The fourth-order valence-corrected chi connectivity index (χ4v) is 3.99. The van der Waals surface area contributed by atoms with Gasteiger partial charge in [0, 0.05) is 25.7 Å². The Kier molecular flexibility index (Phi) is 7.09. The Bertz CT molecular complexity index is 746. The van der Waals surface area contributed by atoms with Crippen molar-refractivity contribution in [1.29, 1.82) is 0 Å². The van der Waals surface area contributed by atoms with Crippen LogP contribution in [0, 0.1) is 0 Å². The summed E-state index contributed by atoms with van der Waals surface area (Å²) in [6, 6.07) is 7.51. The first kappa shape index (κ1) is 21.1. The number of likely N-dealkylation sites (tertiary alicyclic amines) is 1. The van der Waals surface area contributed by atoms with Crippen molar-refractivity contribution in [2.45, 2.75) is 44.8 Å². The molecule has 2 amide bonds. The molecule has 1 fully saturated rings. The van der Waals surface area contributed by atoms with Crippen molar-refractivity contribution in [1.82, 2.24) is 15.1 Å². The first-order valence-corrected chi connectivity index (χ1v) is 10.1. The number of amides is 2. The summed E-state index contributed by atoms with van der Waals surface area (Å²) < 4.78 is 9.98. The Hall–Kier alpha value is -2.61. The lowest BCUT2D eigenvalue weighted by Gasteiger charge is -2.35. The topological polar surface area (TPSA) is 88.2 Å². The van der Waals surface area contributed by atoms with Gasteiger partial charge in [-0.2, -0.15) is 0 Å². The van der Waals surface area contributed by atoms with Crippen molar-refractivity contribution in [3.05, 3.63) is 35.4 Å². The fraction of sp³-hybridized carbons (Fsp3) is 0.571. The van der Waals surface area contributed by atoms with E-state index < -0.39 is 6.04 Å². The third-order valence-corrected chi connectivity index (χ3v) is 5.55. The van der Waals surface area contributed by atoms with Crippen LogP contribution in [0.15, 0.2) is 24.3 Å². The van der Waals surface area contributed by atoms with Crippen LogP contribution >= 0.6 is 0 Å². The minimum Gasteiger partial charge on any atom is -0.468 e. The van der Waals surface area contributed by atoms with Crippen LogP contribution in [-0.4, -0.2) is 73.2 Å². The van der Waals surface area contributed by atoms with E-state index >= 15 is 0 Å². The monoisotopic (exact) mass is 403 g/mol. The first-order chi connectivity index (χ1) is 14.0. The molecule has 29 heavy (non-hydrogen) atoms. The molecule has 1 atom stereocenters. The van der Waals surface area contributed by atoms with E-state index in [-0.39, 0.29) is 30.6 Å². The molecule has 2 aliphatic rings. The molecule has 0 spiro atoms. The smallest absolute Gasteiger partial charge is 0.409 e. The van der Waals surface area contributed by atoms with E-state index in [9.17, 15) is 14.4 Å². The molecule has 1 N–H and O–H groups in total. The summed E-state index contributed by atoms with van der Waals surface area (Å²) in [5.41, 5.74) is 2.24. The molecule has 0 aromatic heterocycles. The van der Waals surface area contributed by atoms with Gasteiger partial charge in [-0.15, -0.1) is 0 Å². The number of fused-ring (bicyclic) bond motifs is 1. The van der Waals surface area contributed by atoms with Gasteiger partial charge >= 0.3 is 12.1 Å². The van der Waals surface area contributed by atoms with Gasteiger partial charge in [-0.05, 0) is 37.3 Å². The third-order valence-electron chi connectivity index (χ3n) is 5.55. The second kappa shape index (κ2) is 9.73. The maximum Gasteiger partial charge on any atom is 0.409 e. The Balaban J connectivity index is 1.55. The number of hydrogen-bond donors (Lipinski definition) is 1. The van der Waals surface area contributed by atoms with Crippen LogP contribution in [0.3, 0.4) is 0 Å². The molecule has 1 saturated heterocycles. The highest BCUT2D eigenvalue weighted by molar-refractivity contribution is 5.81. The Morgan fingerprint density at radius 1 is 1.14 bits per heavy atom. The van der Waals surface area contributed by atoms with Gasteiger partial charge in [-0.25, -0.2) is 4.79 Å². The van der Waals surface area contributed by atoms with Crippen LogP contribution in [0.2, 0.25) is 0 Å². The number of nitrogens with one attached hydrogen (secondary N) is 1. The molecule has 1 aromatic rings. The second-order valence-electron chi connectivity index (χ2n) is 7.44. The molecular weight excluding hydrogens is 374 g/mol. The van der Waals surface area contributed by atoms with Gasteiger partial charge in [-0.3, -0.25) is 14.5 Å². The lowest BCUT2D eigenvalue weighted by Crippen LogP contribution is -2.52. The Morgan fingerprint density at radius 2 is 1.83 bits per heavy atom. The SMILES string of the molecule is CCOC(=O)N1CCC(NC(=O)CN2Cc3ccccc3C[C@@H]2C(=O)OC)CC1. The minimum absolute atomic E-state index is 0.0156. The maximum atomic E-state index is 12.7. The zero-order valence-corrected chi connectivity index (χ0v) is 17.1. The number of rotatable bonds is 5. The van der Waals surface area contributed by atoms with Crippen molar-refractivity contribution in [2.75, 3.05) is 33.4 Å².